The first-order valence-electron chi connectivity index (χ1n) is 8.11. The summed E-state index contributed by atoms with van der Waals surface area (Å²) in [7, 11) is 1.32. The van der Waals surface area contributed by atoms with Crippen LogP contribution in [0.2, 0.25) is 0 Å². The van der Waals surface area contributed by atoms with Crippen LogP contribution in [-0.2, 0) is 0 Å². The van der Waals surface area contributed by atoms with E-state index in [1.165, 1.54) is 31.3 Å². The molecule has 0 aliphatic rings. The number of carbonyl (C=O) groups excluding carboxylic acids is 2. The van der Waals surface area contributed by atoms with Gasteiger partial charge in [0.1, 0.15) is 6.54 Å². The van der Waals surface area contributed by atoms with E-state index >= 15 is 0 Å². The Morgan fingerprint density at radius 2 is 1.57 bits per heavy atom. The molecule has 3 N–H and O–H groups in total. The second-order valence-electron chi connectivity index (χ2n) is 5.96. The van der Waals surface area contributed by atoms with E-state index in [0.717, 1.165) is 4.90 Å². The maximum Gasteiger partial charge on any atom is 0.405 e. The first kappa shape index (κ1) is 23.5. The van der Waals surface area contributed by atoms with Gasteiger partial charge in [0.05, 0.1) is 6.54 Å². The van der Waals surface area contributed by atoms with Crippen molar-refractivity contribution in [3.8, 4) is 0 Å². The molecule has 12 heteroatoms. The van der Waals surface area contributed by atoms with Crippen LogP contribution < -0.4 is 16.0 Å². The molecule has 0 unspecified atom stereocenters. The van der Waals surface area contributed by atoms with Crippen LogP contribution in [0.1, 0.15) is 16.8 Å². The molecule has 6 nitrogen and oxygen atoms in total. The summed E-state index contributed by atoms with van der Waals surface area (Å²) in [6.45, 7) is -2.21. The molecule has 0 aromatic heterocycles. The fourth-order valence-electron chi connectivity index (χ4n) is 2.10. The summed E-state index contributed by atoms with van der Waals surface area (Å²) in [5, 5.41) is 6.62. The monoisotopic (exact) mass is 414 g/mol. The Hall–Kier alpha value is -2.50. The molecular formula is C16H20F6N4O2. The molecule has 158 valence electrons. The fourth-order valence-corrected chi connectivity index (χ4v) is 2.10. The summed E-state index contributed by atoms with van der Waals surface area (Å²) in [6.07, 6.45) is -8.50. The second-order valence-corrected chi connectivity index (χ2v) is 5.96. The zero-order valence-corrected chi connectivity index (χ0v) is 14.9. The molecule has 0 saturated carbocycles. The minimum atomic E-state index is -4.52. The SMILES string of the molecule is CN(CCCNC(=O)Nc1ccc(C(=O)NCC(F)(F)F)cc1)CC(F)(F)F. The van der Waals surface area contributed by atoms with Crippen LogP contribution in [-0.4, -0.2) is 62.4 Å². The zero-order valence-electron chi connectivity index (χ0n) is 14.9. The predicted octanol–water partition coefficient (Wildman–Crippen LogP) is 2.98. The molecule has 28 heavy (non-hydrogen) atoms. The molecule has 1 rings (SSSR count). The summed E-state index contributed by atoms with van der Waals surface area (Å²) in [5.74, 6) is -0.906. The van der Waals surface area contributed by atoms with E-state index in [-0.39, 0.29) is 18.7 Å². The van der Waals surface area contributed by atoms with Crippen molar-refractivity contribution in [1.29, 1.82) is 0 Å². The van der Waals surface area contributed by atoms with Gasteiger partial charge in [-0.25, -0.2) is 4.79 Å². The molecule has 1 aromatic rings. The third-order valence-corrected chi connectivity index (χ3v) is 3.31. The van der Waals surface area contributed by atoms with Gasteiger partial charge in [-0.15, -0.1) is 0 Å². The van der Waals surface area contributed by atoms with Crippen molar-refractivity contribution in [3.63, 3.8) is 0 Å². The van der Waals surface area contributed by atoms with Gasteiger partial charge in [0.2, 0.25) is 0 Å². The smallest absolute Gasteiger partial charge is 0.343 e. The molecule has 0 heterocycles. The lowest BCUT2D eigenvalue weighted by Crippen LogP contribution is -2.35. The maximum atomic E-state index is 12.2. The number of alkyl halides is 6. The Balaban J connectivity index is 2.34. The van der Waals surface area contributed by atoms with Gasteiger partial charge in [-0.1, -0.05) is 0 Å². The standard InChI is InChI=1S/C16H20F6N4O2/c1-26(10-16(20,21)22)8-2-7-23-14(28)25-12-5-3-11(4-6-12)13(27)24-9-15(17,18)19/h3-6H,2,7-10H2,1H3,(H,24,27)(H2,23,25,28). The third kappa shape index (κ3) is 10.6. The number of rotatable bonds is 8. The number of benzene rings is 1. The number of nitrogens with one attached hydrogen (secondary N) is 3. The Labute approximate surface area is 157 Å². The highest BCUT2D eigenvalue weighted by molar-refractivity contribution is 5.95. The van der Waals surface area contributed by atoms with Crippen molar-refractivity contribution < 1.29 is 35.9 Å². The summed E-state index contributed by atoms with van der Waals surface area (Å²) in [4.78, 5) is 24.3. The first-order valence-corrected chi connectivity index (χ1v) is 8.11. The molecule has 0 saturated heterocycles. The number of carbonyl (C=O) groups is 2. The average molecular weight is 414 g/mol. The molecule has 0 radical (unpaired) electrons. The number of urea groups is 1. The number of hydrogen-bond acceptors (Lipinski definition) is 3. The molecule has 3 amide bonds. The van der Waals surface area contributed by atoms with E-state index in [1.807, 2.05) is 0 Å². The molecule has 0 aliphatic heterocycles. The lowest BCUT2D eigenvalue weighted by Gasteiger charge is -2.18. The quantitative estimate of drug-likeness (QED) is 0.452. The zero-order chi connectivity index (χ0) is 21.4. The molecule has 0 fully saturated rings. The maximum absolute atomic E-state index is 12.2. The van der Waals surface area contributed by atoms with Crippen molar-refractivity contribution >= 4 is 17.6 Å². The van der Waals surface area contributed by atoms with E-state index in [4.69, 9.17) is 0 Å². The lowest BCUT2D eigenvalue weighted by molar-refractivity contribution is -0.143. The summed E-state index contributed by atoms with van der Waals surface area (Å²) >= 11 is 0. The lowest BCUT2D eigenvalue weighted by atomic mass is 10.2. The van der Waals surface area contributed by atoms with Crippen LogP contribution in [0.4, 0.5) is 36.8 Å². The Kier molecular flexibility index (Phi) is 8.54. The Bertz CT molecular complexity index is 646. The van der Waals surface area contributed by atoms with Crippen molar-refractivity contribution in [1.82, 2.24) is 15.5 Å². The van der Waals surface area contributed by atoms with E-state index in [2.05, 4.69) is 10.6 Å². The van der Waals surface area contributed by atoms with Crippen LogP contribution in [0.5, 0.6) is 0 Å². The average Bonchev–Trinajstić information content (AvgIpc) is 2.55. The van der Waals surface area contributed by atoms with Gasteiger partial charge < -0.3 is 16.0 Å². The second kappa shape index (κ2) is 10.2. The van der Waals surface area contributed by atoms with Gasteiger partial charge in [-0.2, -0.15) is 26.3 Å². The minimum absolute atomic E-state index is 0.0112. The first-order chi connectivity index (χ1) is 12.9. The highest BCUT2D eigenvalue weighted by Crippen LogP contribution is 2.15. The summed E-state index contributed by atoms with van der Waals surface area (Å²) < 4.78 is 72.7. The molecule has 0 aliphatic carbocycles. The Morgan fingerprint density at radius 3 is 2.11 bits per heavy atom. The van der Waals surface area contributed by atoms with E-state index < -0.39 is 37.4 Å². The van der Waals surface area contributed by atoms with Crippen molar-refractivity contribution in [2.24, 2.45) is 0 Å². The minimum Gasteiger partial charge on any atom is -0.343 e. The predicted molar refractivity (Wildman–Crippen MR) is 90.0 cm³/mol. The van der Waals surface area contributed by atoms with Crippen LogP contribution in [0, 0.1) is 0 Å². The molecular weight excluding hydrogens is 394 g/mol. The number of amides is 3. The summed E-state index contributed by atoms with van der Waals surface area (Å²) in [6, 6.07) is 4.55. The van der Waals surface area contributed by atoms with Gasteiger partial charge in [-0.3, -0.25) is 9.69 Å². The van der Waals surface area contributed by atoms with Crippen molar-refractivity contribution in [3.05, 3.63) is 29.8 Å². The van der Waals surface area contributed by atoms with Gasteiger partial charge in [0, 0.05) is 17.8 Å². The number of nitrogens with zero attached hydrogens (tertiary/aromatic N) is 1. The fraction of sp³-hybridized carbons (Fsp3) is 0.500. The number of anilines is 1. The molecule has 1 aromatic carbocycles. The van der Waals surface area contributed by atoms with Gasteiger partial charge in [0.15, 0.2) is 0 Å². The van der Waals surface area contributed by atoms with Crippen molar-refractivity contribution in [2.45, 2.75) is 18.8 Å². The van der Waals surface area contributed by atoms with Crippen LogP contribution >= 0.6 is 0 Å². The number of halogens is 6. The van der Waals surface area contributed by atoms with Crippen molar-refractivity contribution in [2.75, 3.05) is 38.5 Å². The molecule has 0 atom stereocenters. The normalized spacial score (nSPS) is 12.0. The van der Waals surface area contributed by atoms with Gasteiger partial charge in [-0.05, 0) is 44.3 Å². The Morgan fingerprint density at radius 1 is 0.964 bits per heavy atom. The topological polar surface area (TPSA) is 73.5 Å². The van der Waals surface area contributed by atoms with Crippen LogP contribution in [0.3, 0.4) is 0 Å². The van der Waals surface area contributed by atoms with E-state index in [0.29, 0.717) is 12.1 Å². The largest absolute Gasteiger partial charge is 0.405 e. The molecule has 0 bridgehead atoms. The van der Waals surface area contributed by atoms with Crippen LogP contribution in [0.15, 0.2) is 24.3 Å². The van der Waals surface area contributed by atoms with E-state index in [1.54, 1.807) is 5.32 Å². The van der Waals surface area contributed by atoms with Crippen LogP contribution in [0.25, 0.3) is 0 Å². The summed E-state index contributed by atoms with van der Waals surface area (Å²) in [5.41, 5.74) is 0.280. The third-order valence-electron chi connectivity index (χ3n) is 3.31. The van der Waals surface area contributed by atoms with E-state index in [9.17, 15) is 35.9 Å². The van der Waals surface area contributed by atoms with Gasteiger partial charge in [0.25, 0.3) is 5.91 Å². The number of hydrogen-bond donors (Lipinski definition) is 3. The van der Waals surface area contributed by atoms with Gasteiger partial charge >= 0.3 is 18.4 Å². The highest BCUT2D eigenvalue weighted by Gasteiger charge is 2.29. The highest BCUT2D eigenvalue weighted by atomic mass is 19.4. The molecule has 0 spiro atoms.